The van der Waals surface area contributed by atoms with Crippen molar-refractivity contribution in [1.29, 1.82) is 0 Å². The van der Waals surface area contributed by atoms with Crippen LogP contribution in [0, 0.1) is 0 Å². The monoisotopic (exact) mass is 314 g/mol. The molecule has 124 valence electrons. The van der Waals surface area contributed by atoms with Crippen LogP contribution in [0.5, 0.6) is 5.75 Å². The summed E-state index contributed by atoms with van der Waals surface area (Å²) in [7, 11) is 4.07. The fourth-order valence-electron chi connectivity index (χ4n) is 2.75. The fraction of sp³-hybridized carbons (Fsp3) is 0.625. The molecule has 22 heavy (non-hydrogen) atoms. The normalized spacial score (nSPS) is 21.3. The average Bonchev–Trinajstić information content (AvgIpc) is 2.46. The molecule has 1 saturated heterocycles. The van der Waals surface area contributed by atoms with E-state index in [1.807, 2.05) is 26.2 Å². The third-order valence-corrected chi connectivity index (χ3v) is 3.87. The SMILES string of the molecule is CC(c1ccc(OC(F)F)cc1)N1CCOC(CN(C)C)C1. The predicted octanol–water partition coefficient (Wildman–Crippen LogP) is 2.61. The Hall–Kier alpha value is -1.24. The topological polar surface area (TPSA) is 24.9 Å². The Kier molecular flexibility index (Phi) is 6.11. The smallest absolute Gasteiger partial charge is 0.387 e. The van der Waals surface area contributed by atoms with Crippen molar-refractivity contribution < 1.29 is 18.3 Å². The molecule has 6 heteroatoms. The van der Waals surface area contributed by atoms with Gasteiger partial charge in [-0.1, -0.05) is 12.1 Å². The molecule has 1 heterocycles. The number of morpholine rings is 1. The molecule has 0 aromatic heterocycles. The molecule has 0 bridgehead atoms. The molecule has 1 aromatic carbocycles. The van der Waals surface area contributed by atoms with Crippen LogP contribution in [0.15, 0.2) is 24.3 Å². The summed E-state index contributed by atoms with van der Waals surface area (Å²) < 4.78 is 34.5. The molecule has 0 spiro atoms. The van der Waals surface area contributed by atoms with Crippen molar-refractivity contribution in [3.05, 3.63) is 29.8 Å². The summed E-state index contributed by atoms with van der Waals surface area (Å²) in [5.74, 6) is 0.193. The Morgan fingerprint density at radius 1 is 1.32 bits per heavy atom. The molecule has 0 amide bonds. The van der Waals surface area contributed by atoms with Gasteiger partial charge in [0.25, 0.3) is 0 Å². The molecule has 0 N–H and O–H groups in total. The molecular weight excluding hydrogens is 290 g/mol. The van der Waals surface area contributed by atoms with Crippen molar-refractivity contribution in [2.75, 3.05) is 40.3 Å². The third kappa shape index (κ3) is 4.90. The van der Waals surface area contributed by atoms with E-state index in [-0.39, 0.29) is 17.9 Å². The van der Waals surface area contributed by atoms with Gasteiger partial charge in [0, 0.05) is 25.7 Å². The maximum atomic E-state index is 12.2. The van der Waals surface area contributed by atoms with Gasteiger partial charge in [-0.2, -0.15) is 8.78 Å². The van der Waals surface area contributed by atoms with Gasteiger partial charge in [0.15, 0.2) is 0 Å². The molecule has 1 aliphatic rings. The molecule has 1 aromatic rings. The molecule has 4 nitrogen and oxygen atoms in total. The highest BCUT2D eigenvalue weighted by Crippen LogP contribution is 2.25. The third-order valence-electron chi connectivity index (χ3n) is 3.87. The molecule has 1 fully saturated rings. The minimum absolute atomic E-state index is 0.193. The van der Waals surface area contributed by atoms with Gasteiger partial charge >= 0.3 is 6.61 Å². The zero-order chi connectivity index (χ0) is 16.1. The minimum atomic E-state index is -2.78. The fourth-order valence-corrected chi connectivity index (χ4v) is 2.75. The quantitative estimate of drug-likeness (QED) is 0.806. The Labute approximate surface area is 130 Å². The number of hydrogen-bond acceptors (Lipinski definition) is 4. The number of rotatable bonds is 6. The van der Waals surface area contributed by atoms with Gasteiger partial charge in [-0.3, -0.25) is 4.90 Å². The summed E-state index contributed by atoms with van der Waals surface area (Å²) in [6, 6.07) is 7.09. The average molecular weight is 314 g/mol. The van der Waals surface area contributed by atoms with E-state index in [0.717, 1.165) is 31.8 Å². The van der Waals surface area contributed by atoms with E-state index in [9.17, 15) is 8.78 Å². The molecule has 0 saturated carbocycles. The zero-order valence-corrected chi connectivity index (χ0v) is 13.3. The van der Waals surface area contributed by atoms with Crippen LogP contribution in [-0.2, 0) is 4.74 Å². The van der Waals surface area contributed by atoms with Crippen molar-refractivity contribution >= 4 is 0 Å². The van der Waals surface area contributed by atoms with E-state index in [1.54, 1.807) is 12.1 Å². The first-order valence-corrected chi connectivity index (χ1v) is 7.51. The van der Waals surface area contributed by atoms with Crippen LogP contribution in [0.4, 0.5) is 8.78 Å². The first-order chi connectivity index (χ1) is 10.5. The lowest BCUT2D eigenvalue weighted by atomic mass is 10.1. The summed E-state index contributed by atoms with van der Waals surface area (Å²) in [5, 5.41) is 0. The second kappa shape index (κ2) is 7.85. The van der Waals surface area contributed by atoms with Gasteiger partial charge in [0.1, 0.15) is 5.75 Å². The predicted molar refractivity (Wildman–Crippen MR) is 81.4 cm³/mol. The van der Waals surface area contributed by atoms with E-state index in [2.05, 4.69) is 21.5 Å². The molecule has 2 unspecified atom stereocenters. The lowest BCUT2D eigenvalue weighted by Gasteiger charge is -2.38. The highest BCUT2D eigenvalue weighted by Gasteiger charge is 2.25. The summed E-state index contributed by atoms with van der Waals surface area (Å²) in [4.78, 5) is 4.48. The van der Waals surface area contributed by atoms with Crippen molar-refractivity contribution in [1.82, 2.24) is 9.80 Å². The second-order valence-corrected chi connectivity index (χ2v) is 5.87. The minimum Gasteiger partial charge on any atom is -0.435 e. The van der Waals surface area contributed by atoms with Crippen molar-refractivity contribution in [3.63, 3.8) is 0 Å². The van der Waals surface area contributed by atoms with Crippen LogP contribution in [0.2, 0.25) is 0 Å². The zero-order valence-electron chi connectivity index (χ0n) is 13.3. The van der Waals surface area contributed by atoms with Gasteiger partial charge in [0.2, 0.25) is 0 Å². The van der Waals surface area contributed by atoms with Crippen molar-refractivity contribution in [3.8, 4) is 5.75 Å². The first-order valence-electron chi connectivity index (χ1n) is 7.51. The first kappa shape index (κ1) is 17.1. The Bertz CT molecular complexity index is 454. The van der Waals surface area contributed by atoms with E-state index in [0.29, 0.717) is 0 Å². The number of alkyl halides is 2. The van der Waals surface area contributed by atoms with E-state index in [1.165, 1.54) is 0 Å². The largest absolute Gasteiger partial charge is 0.435 e. The van der Waals surface area contributed by atoms with E-state index >= 15 is 0 Å². The Morgan fingerprint density at radius 3 is 2.59 bits per heavy atom. The van der Waals surface area contributed by atoms with Crippen LogP contribution in [0.1, 0.15) is 18.5 Å². The van der Waals surface area contributed by atoms with Crippen molar-refractivity contribution in [2.24, 2.45) is 0 Å². The standard InChI is InChI=1S/C16H24F2N2O2/c1-12(13-4-6-14(7-5-13)22-16(17)18)20-8-9-21-15(11-20)10-19(2)3/h4-7,12,15-16H,8-11H2,1-3H3. The lowest BCUT2D eigenvalue weighted by molar-refractivity contribution is -0.0511. The second-order valence-electron chi connectivity index (χ2n) is 5.87. The molecule has 0 radical (unpaired) electrons. The van der Waals surface area contributed by atoms with Crippen LogP contribution in [0.3, 0.4) is 0 Å². The van der Waals surface area contributed by atoms with Crippen molar-refractivity contribution in [2.45, 2.75) is 25.7 Å². The number of ether oxygens (including phenoxy) is 2. The van der Waals surface area contributed by atoms with Crippen LogP contribution in [-0.4, -0.2) is 62.9 Å². The number of nitrogens with zero attached hydrogens (tertiary/aromatic N) is 2. The van der Waals surface area contributed by atoms with E-state index in [4.69, 9.17) is 4.74 Å². The van der Waals surface area contributed by atoms with Gasteiger partial charge in [-0.25, -0.2) is 0 Å². The molecule has 2 rings (SSSR count). The highest BCUT2D eigenvalue weighted by molar-refractivity contribution is 5.29. The lowest BCUT2D eigenvalue weighted by Crippen LogP contribution is -2.47. The van der Waals surface area contributed by atoms with Gasteiger partial charge in [0.05, 0.1) is 12.7 Å². The van der Waals surface area contributed by atoms with Crippen LogP contribution < -0.4 is 4.74 Å². The van der Waals surface area contributed by atoms with Gasteiger partial charge in [-0.05, 0) is 38.7 Å². The van der Waals surface area contributed by atoms with E-state index < -0.39 is 6.61 Å². The molecule has 2 atom stereocenters. The maximum absolute atomic E-state index is 12.2. The summed E-state index contributed by atoms with van der Waals surface area (Å²) in [6.07, 6.45) is 0.202. The molecule has 1 aliphatic heterocycles. The molecular formula is C16H24F2N2O2. The Morgan fingerprint density at radius 2 is 2.00 bits per heavy atom. The van der Waals surface area contributed by atoms with Crippen LogP contribution in [0.25, 0.3) is 0 Å². The van der Waals surface area contributed by atoms with Crippen LogP contribution >= 0.6 is 0 Å². The number of benzene rings is 1. The van der Waals surface area contributed by atoms with Gasteiger partial charge in [-0.15, -0.1) is 0 Å². The van der Waals surface area contributed by atoms with Gasteiger partial charge < -0.3 is 14.4 Å². The number of halogens is 2. The summed E-state index contributed by atoms with van der Waals surface area (Å²) in [5.41, 5.74) is 1.09. The maximum Gasteiger partial charge on any atom is 0.387 e. The molecule has 0 aliphatic carbocycles. The highest BCUT2D eigenvalue weighted by atomic mass is 19.3. The summed E-state index contributed by atoms with van der Waals surface area (Å²) in [6.45, 7) is 2.70. The number of hydrogen-bond donors (Lipinski definition) is 0. The summed E-state index contributed by atoms with van der Waals surface area (Å²) >= 11 is 0. The number of likely N-dealkylation sites (N-methyl/N-ethyl adjacent to an activating group) is 1. The Balaban J connectivity index is 1.96.